The van der Waals surface area contributed by atoms with Crippen molar-refractivity contribution in [1.82, 2.24) is 20.1 Å². The summed E-state index contributed by atoms with van der Waals surface area (Å²) in [5, 5.41) is 7.46. The van der Waals surface area contributed by atoms with Crippen LogP contribution in [-0.2, 0) is 20.0 Å². The van der Waals surface area contributed by atoms with E-state index in [2.05, 4.69) is 15.4 Å². The lowest BCUT2D eigenvalue weighted by Gasteiger charge is -2.13. The SMILES string of the molecule is CC(Cc1ccccc1F)NCc1ncn(C)n1. The molecule has 4 nitrogen and oxygen atoms in total. The van der Waals surface area contributed by atoms with Gasteiger partial charge in [-0.25, -0.2) is 9.37 Å². The van der Waals surface area contributed by atoms with Crippen molar-refractivity contribution >= 4 is 0 Å². The van der Waals surface area contributed by atoms with Crippen molar-refractivity contribution in [1.29, 1.82) is 0 Å². The molecular weight excluding hydrogens is 231 g/mol. The van der Waals surface area contributed by atoms with Crippen LogP contribution >= 0.6 is 0 Å². The predicted molar refractivity (Wildman–Crippen MR) is 67.4 cm³/mol. The van der Waals surface area contributed by atoms with Gasteiger partial charge in [-0.3, -0.25) is 4.68 Å². The van der Waals surface area contributed by atoms with E-state index in [1.165, 1.54) is 6.07 Å². The second kappa shape index (κ2) is 5.73. The van der Waals surface area contributed by atoms with Crippen LogP contribution in [0.15, 0.2) is 30.6 Å². The number of halogens is 1. The molecule has 2 aromatic rings. The maximum absolute atomic E-state index is 13.5. The van der Waals surface area contributed by atoms with Crippen molar-refractivity contribution in [3.63, 3.8) is 0 Å². The molecule has 1 N–H and O–H groups in total. The first kappa shape index (κ1) is 12.7. The summed E-state index contributed by atoms with van der Waals surface area (Å²) >= 11 is 0. The highest BCUT2D eigenvalue weighted by Gasteiger charge is 2.08. The van der Waals surface area contributed by atoms with Crippen LogP contribution in [0, 0.1) is 5.82 Å². The molecule has 0 amide bonds. The van der Waals surface area contributed by atoms with Gasteiger partial charge in [0.2, 0.25) is 0 Å². The lowest BCUT2D eigenvalue weighted by Crippen LogP contribution is -2.28. The number of rotatable bonds is 5. The molecule has 1 aromatic heterocycles. The minimum absolute atomic E-state index is 0.151. The Morgan fingerprint density at radius 2 is 2.17 bits per heavy atom. The Morgan fingerprint density at radius 1 is 1.39 bits per heavy atom. The highest BCUT2D eigenvalue weighted by Crippen LogP contribution is 2.09. The quantitative estimate of drug-likeness (QED) is 0.875. The summed E-state index contributed by atoms with van der Waals surface area (Å²) in [7, 11) is 1.83. The smallest absolute Gasteiger partial charge is 0.164 e. The molecule has 18 heavy (non-hydrogen) atoms. The Balaban J connectivity index is 1.85. The van der Waals surface area contributed by atoms with E-state index >= 15 is 0 Å². The van der Waals surface area contributed by atoms with E-state index < -0.39 is 0 Å². The molecule has 2 rings (SSSR count). The Labute approximate surface area is 106 Å². The van der Waals surface area contributed by atoms with Crippen LogP contribution in [0.2, 0.25) is 0 Å². The first-order valence-corrected chi connectivity index (χ1v) is 5.96. The highest BCUT2D eigenvalue weighted by molar-refractivity contribution is 5.18. The second-order valence-corrected chi connectivity index (χ2v) is 4.41. The molecule has 0 bridgehead atoms. The number of nitrogens with zero attached hydrogens (tertiary/aromatic N) is 3. The molecular formula is C13H17FN4. The van der Waals surface area contributed by atoms with Crippen molar-refractivity contribution in [2.45, 2.75) is 25.9 Å². The minimum Gasteiger partial charge on any atom is -0.307 e. The first-order valence-electron chi connectivity index (χ1n) is 5.96. The van der Waals surface area contributed by atoms with Gasteiger partial charge in [0.25, 0.3) is 0 Å². The number of benzene rings is 1. The van der Waals surface area contributed by atoms with E-state index in [1.54, 1.807) is 17.1 Å². The number of hydrogen-bond acceptors (Lipinski definition) is 3. The monoisotopic (exact) mass is 248 g/mol. The summed E-state index contributed by atoms with van der Waals surface area (Å²) in [6.07, 6.45) is 2.32. The summed E-state index contributed by atoms with van der Waals surface area (Å²) < 4.78 is 15.1. The van der Waals surface area contributed by atoms with Crippen molar-refractivity contribution in [3.05, 3.63) is 47.8 Å². The van der Waals surface area contributed by atoms with E-state index in [-0.39, 0.29) is 11.9 Å². The molecule has 0 fully saturated rings. The second-order valence-electron chi connectivity index (χ2n) is 4.41. The Hall–Kier alpha value is -1.75. The van der Waals surface area contributed by atoms with Crippen LogP contribution < -0.4 is 5.32 Å². The third kappa shape index (κ3) is 3.37. The van der Waals surface area contributed by atoms with Gasteiger partial charge in [0.15, 0.2) is 5.82 Å². The van der Waals surface area contributed by atoms with Gasteiger partial charge in [-0.1, -0.05) is 18.2 Å². The zero-order valence-corrected chi connectivity index (χ0v) is 10.6. The van der Waals surface area contributed by atoms with Crippen LogP contribution in [0.1, 0.15) is 18.3 Å². The predicted octanol–water partition coefficient (Wildman–Crippen LogP) is 1.68. The topological polar surface area (TPSA) is 42.7 Å². The van der Waals surface area contributed by atoms with Crippen molar-refractivity contribution in [2.75, 3.05) is 0 Å². The summed E-state index contributed by atoms with van der Waals surface area (Å²) in [6, 6.07) is 7.03. The molecule has 0 spiro atoms. The van der Waals surface area contributed by atoms with Crippen molar-refractivity contribution in [2.24, 2.45) is 7.05 Å². The zero-order valence-electron chi connectivity index (χ0n) is 10.6. The molecule has 5 heteroatoms. The third-order valence-corrected chi connectivity index (χ3v) is 2.74. The summed E-state index contributed by atoms with van der Waals surface area (Å²) in [6.45, 7) is 2.62. The molecule has 1 atom stereocenters. The minimum atomic E-state index is -0.151. The van der Waals surface area contributed by atoms with E-state index in [1.807, 2.05) is 26.1 Å². The van der Waals surface area contributed by atoms with E-state index in [9.17, 15) is 4.39 Å². The van der Waals surface area contributed by atoms with Crippen LogP contribution in [0.5, 0.6) is 0 Å². The molecule has 1 aromatic carbocycles. The van der Waals surface area contributed by atoms with Gasteiger partial charge in [0, 0.05) is 13.1 Å². The fraction of sp³-hybridized carbons (Fsp3) is 0.385. The first-order chi connectivity index (χ1) is 8.65. The lowest BCUT2D eigenvalue weighted by atomic mass is 10.1. The molecule has 1 heterocycles. The van der Waals surface area contributed by atoms with E-state index in [4.69, 9.17) is 0 Å². The average molecular weight is 248 g/mol. The highest BCUT2D eigenvalue weighted by atomic mass is 19.1. The number of aromatic nitrogens is 3. The normalized spacial score (nSPS) is 12.6. The Bertz CT molecular complexity index is 509. The van der Waals surface area contributed by atoms with Crippen molar-refractivity contribution < 1.29 is 4.39 Å². The molecule has 0 saturated carbocycles. The van der Waals surface area contributed by atoms with Crippen LogP contribution in [0.4, 0.5) is 4.39 Å². The molecule has 1 unspecified atom stereocenters. The molecule has 0 radical (unpaired) electrons. The average Bonchev–Trinajstić information content (AvgIpc) is 2.76. The van der Waals surface area contributed by atoms with Gasteiger partial charge >= 0.3 is 0 Å². The maximum atomic E-state index is 13.5. The Morgan fingerprint density at radius 3 is 2.83 bits per heavy atom. The van der Waals surface area contributed by atoms with Gasteiger partial charge in [0.1, 0.15) is 12.1 Å². The molecule has 0 aliphatic heterocycles. The van der Waals surface area contributed by atoms with Crippen LogP contribution in [0.3, 0.4) is 0 Å². The molecule has 0 saturated heterocycles. The Kier molecular flexibility index (Phi) is 4.04. The zero-order chi connectivity index (χ0) is 13.0. The lowest BCUT2D eigenvalue weighted by molar-refractivity contribution is 0.515. The fourth-order valence-corrected chi connectivity index (χ4v) is 1.80. The van der Waals surface area contributed by atoms with E-state index in [0.717, 1.165) is 11.4 Å². The van der Waals surface area contributed by atoms with Crippen molar-refractivity contribution in [3.8, 4) is 0 Å². The van der Waals surface area contributed by atoms with Crippen LogP contribution in [-0.4, -0.2) is 20.8 Å². The summed E-state index contributed by atoms with van der Waals surface area (Å²) in [5.41, 5.74) is 0.728. The van der Waals surface area contributed by atoms with E-state index in [0.29, 0.717) is 13.0 Å². The van der Waals surface area contributed by atoms with Gasteiger partial charge in [-0.2, -0.15) is 5.10 Å². The fourth-order valence-electron chi connectivity index (χ4n) is 1.80. The molecule has 0 aliphatic carbocycles. The maximum Gasteiger partial charge on any atom is 0.164 e. The third-order valence-electron chi connectivity index (χ3n) is 2.74. The molecule has 0 aliphatic rings. The number of aryl methyl sites for hydroxylation is 1. The summed E-state index contributed by atoms with van der Waals surface area (Å²) in [4.78, 5) is 4.13. The largest absolute Gasteiger partial charge is 0.307 e. The van der Waals surface area contributed by atoms with Gasteiger partial charge in [0.05, 0.1) is 6.54 Å². The number of hydrogen-bond donors (Lipinski definition) is 1. The number of nitrogens with one attached hydrogen (secondary N) is 1. The van der Waals surface area contributed by atoms with Gasteiger partial charge in [-0.05, 0) is 25.0 Å². The molecule has 96 valence electrons. The summed E-state index contributed by atoms with van der Waals surface area (Å²) in [5.74, 6) is 0.597. The van der Waals surface area contributed by atoms with Gasteiger partial charge < -0.3 is 5.32 Å². The standard InChI is InChI=1S/C13H17FN4/c1-10(7-11-5-3-4-6-12(11)14)15-8-13-16-9-18(2)17-13/h3-6,9-10,15H,7-8H2,1-2H3. The van der Waals surface area contributed by atoms with Crippen LogP contribution in [0.25, 0.3) is 0 Å². The van der Waals surface area contributed by atoms with Gasteiger partial charge in [-0.15, -0.1) is 0 Å².